The number of rotatable bonds is 1. The van der Waals surface area contributed by atoms with Gasteiger partial charge in [0.05, 0.1) is 11.1 Å². The number of hydrogen-bond acceptors (Lipinski definition) is 2. The van der Waals surface area contributed by atoms with E-state index in [1.165, 1.54) is 0 Å². The molecule has 16 heavy (non-hydrogen) atoms. The van der Waals surface area contributed by atoms with Crippen molar-refractivity contribution in [3.8, 4) is 0 Å². The Hall–Kier alpha value is -1.05. The van der Waals surface area contributed by atoms with E-state index >= 15 is 0 Å². The average molecular weight is 261 g/mol. The van der Waals surface area contributed by atoms with Gasteiger partial charge in [-0.3, -0.25) is 0 Å². The smallest absolute Gasteiger partial charge is 0.332 e. The van der Waals surface area contributed by atoms with Crippen LogP contribution in [0.15, 0.2) is 18.2 Å². The summed E-state index contributed by atoms with van der Waals surface area (Å²) in [6.07, 6.45) is -9.67. The van der Waals surface area contributed by atoms with Gasteiger partial charge in [-0.05, 0) is 18.2 Å². The molecular formula is C8H5F6NS. The van der Waals surface area contributed by atoms with Gasteiger partial charge in [0.1, 0.15) is 0 Å². The van der Waals surface area contributed by atoms with Crippen LogP contribution < -0.4 is 4.72 Å². The van der Waals surface area contributed by atoms with Gasteiger partial charge in [-0.2, -0.15) is 26.3 Å². The fraction of sp³-hybridized carbons (Fsp3) is 0.250. The lowest BCUT2D eigenvalue weighted by Gasteiger charge is -2.13. The zero-order chi connectivity index (χ0) is 12.6. The van der Waals surface area contributed by atoms with E-state index in [1.807, 2.05) is 4.72 Å². The maximum Gasteiger partial charge on any atom is 0.416 e. The first kappa shape index (κ1) is 13.0. The SMILES string of the molecule is FC(F)(F)c1cc(NS)cc(C(F)(F)F)c1. The van der Waals surface area contributed by atoms with E-state index in [-0.39, 0.29) is 11.8 Å². The summed E-state index contributed by atoms with van der Waals surface area (Å²) in [5.74, 6) is 0. The van der Waals surface area contributed by atoms with Crippen molar-refractivity contribution in [3.63, 3.8) is 0 Å². The van der Waals surface area contributed by atoms with E-state index in [1.54, 1.807) is 0 Å². The highest BCUT2D eigenvalue weighted by Crippen LogP contribution is 2.37. The lowest BCUT2D eigenvalue weighted by atomic mass is 10.1. The zero-order valence-corrected chi connectivity index (χ0v) is 8.34. The molecule has 0 heterocycles. The molecule has 1 N–H and O–H groups in total. The fourth-order valence-corrected chi connectivity index (χ4v) is 1.15. The molecule has 0 unspecified atom stereocenters. The summed E-state index contributed by atoms with van der Waals surface area (Å²) in [5, 5.41) is 0. The van der Waals surface area contributed by atoms with Crippen molar-refractivity contribution in [2.45, 2.75) is 12.4 Å². The van der Waals surface area contributed by atoms with Crippen molar-refractivity contribution in [1.82, 2.24) is 0 Å². The Balaban J connectivity index is 3.33. The molecule has 1 aromatic rings. The summed E-state index contributed by atoms with van der Waals surface area (Å²) >= 11 is 3.41. The zero-order valence-electron chi connectivity index (χ0n) is 7.45. The van der Waals surface area contributed by atoms with Crippen LogP contribution in [0.4, 0.5) is 32.0 Å². The molecule has 1 rings (SSSR count). The largest absolute Gasteiger partial charge is 0.416 e. The third kappa shape index (κ3) is 2.97. The van der Waals surface area contributed by atoms with Crippen LogP contribution in [-0.2, 0) is 12.4 Å². The van der Waals surface area contributed by atoms with Crippen LogP contribution in [-0.4, -0.2) is 0 Å². The average Bonchev–Trinajstić information content (AvgIpc) is 2.14. The van der Waals surface area contributed by atoms with Crippen molar-refractivity contribution in [3.05, 3.63) is 29.3 Å². The topological polar surface area (TPSA) is 12.0 Å². The van der Waals surface area contributed by atoms with Crippen LogP contribution in [0.1, 0.15) is 11.1 Å². The monoisotopic (exact) mass is 261 g/mol. The van der Waals surface area contributed by atoms with E-state index in [4.69, 9.17) is 0 Å². The van der Waals surface area contributed by atoms with Gasteiger partial charge in [0.25, 0.3) is 0 Å². The summed E-state index contributed by atoms with van der Waals surface area (Å²) in [4.78, 5) is 0. The molecule has 0 saturated carbocycles. The van der Waals surface area contributed by atoms with E-state index in [2.05, 4.69) is 12.8 Å². The minimum atomic E-state index is -4.83. The predicted molar refractivity (Wildman–Crippen MR) is 49.1 cm³/mol. The molecule has 0 amide bonds. The summed E-state index contributed by atoms with van der Waals surface area (Å²) in [6, 6.07) is 1.14. The van der Waals surface area contributed by atoms with E-state index in [0.29, 0.717) is 12.1 Å². The fourth-order valence-electron chi connectivity index (χ4n) is 1.02. The molecule has 0 radical (unpaired) electrons. The van der Waals surface area contributed by atoms with Crippen molar-refractivity contribution >= 4 is 18.5 Å². The molecule has 0 atom stereocenters. The minimum absolute atomic E-state index is 0.0502. The van der Waals surface area contributed by atoms with Gasteiger partial charge in [-0.15, -0.1) is 0 Å². The normalized spacial score (nSPS) is 12.7. The van der Waals surface area contributed by atoms with Crippen LogP contribution in [0.3, 0.4) is 0 Å². The third-order valence-electron chi connectivity index (χ3n) is 1.72. The highest BCUT2D eigenvalue weighted by molar-refractivity contribution is 7.81. The second kappa shape index (κ2) is 4.08. The van der Waals surface area contributed by atoms with Gasteiger partial charge in [-0.25, -0.2) is 0 Å². The number of halogens is 6. The van der Waals surface area contributed by atoms with Gasteiger partial charge in [0.15, 0.2) is 0 Å². The Morgan fingerprint density at radius 2 is 1.19 bits per heavy atom. The van der Waals surface area contributed by atoms with Gasteiger partial charge in [-0.1, -0.05) is 12.8 Å². The van der Waals surface area contributed by atoms with Gasteiger partial charge < -0.3 is 4.72 Å². The molecule has 0 aromatic heterocycles. The molecule has 0 saturated heterocycles. The van der Waals surface area contributed by atoms with Gasteiger partial charge in [0.2, 0.25) is 0 Å². The van der Waals surface area contributed by atoms with Gasteiger partial charge >= 0.3 is 12.4 Å². The first-order valence-electron chi connectivity index (χ1n) is 3.84. The number of benzene rings is 1. The number of alkyl halides is 6. The summed E-state index contributed by atoms with van der Waals surface area (Å²) in [7, 11) is 0. The molecule has 0 aliphatic rings. The highest BCUT2D eigenvalue weighted by atomic mass is 32.1. The van der Waals surface area contributed by atoms with Crippen molar-refractivity contribution in [2.24, 2.45) is 0 Å². The second-order valence-corrected chi connectivity index (χ2v) is 3.13. The van der Waals surface area contributed by atoms with Crippen LogP contribution >= 0.6 is 12.8 Å². The molecule has 0 aliphatic carbocycles. The van der Waals surface area contributed by atoms with Gasteiger partial charge in [0, 0.05) is 5.69 Å². The first-order valence-corrected chi connectivity index (χ1v) is 4.29. The maximum absolute atomic E-state index is 12.3. The first-order chi connectivity index (χ1) is 7.14. The summed E-state index contributed by atoms with van der Waals surface area (Å²) < 4.78 is 75.5. The molecule has 0 bridgehead atoms. The van der Waals surface area contributed by atoms with Crippen LogP contribution in [0.25, 0.3) is 0 Å². The standard InChI is InChI=1S/C8H5F6NS/c9-7(10,11)4-1-5(8(12,13)14)3-6(2-4)15-16/h1-3,15-16H. The number of nitrogens with one attached hydrogen (secondary N) is 1. The van der Waals surface area contributed by atoms with Crippen LogP contribution in [0.2, 0.25) is 0 Å². The molecular weight excluding hydrogens is 256 g/mol. The lowest BCUT2D eigenvalue weighted by Crippen LogP contribution is -2.11. The number of anilines is 1. The summed E-state index contributed by atoms with van der Waals surface area (Å²) in [5.41, 5.74) is -3.12. The Kier molecular flexibility index (Phi) is 3.32. The van der Waals surface area contributed by atoms with Crippen molar-refractivity contribution in [2.75, 3.05) is 4.72 Å². The molecule has 8 heteroatoms. The van der Waals surface area contributed by atoms with Crippen LogP contribution in [0, 0.1) is 0 Å². The highest BCUT2D eigenvalue weighted by Gasteiger charge is 2.36. The van der Waals surface area contributed by atoms with Crippen molar-refractivity contribution in [1.29, 1.82) is 0 Å². The molecule has 1 aromatic carbocycles. The Bertz CT molecular complexity index is 351. The number of thiol groups is 1. The molecule has 0 fully saturated rings. The third-order valence-corrected chi connectivity index (χ3v) is 1.97. The Morgan fingerprint density at radius 3 is 1.44 bits per heavy atom. The molecule has 0 spiro atoms. The maximum atomic E-state index is 12.3. The molecule has 1 nitrogen and oxygen atoms in total. The Morgan fingerprint density at radius 1 is 0.812 bits per heavy atom. The van der Waals surface area contributed by atoms with E-state index in [9.17, 15) is 26.3 Å². The van der Waals surface area contributed by atoms with E-state index < -0.39 is 23.5 Å². The quantitative estimate of drug-likeness (QED) is 0.575. The molecule has 0 aliphatic heterocycles. The lowest BCUT2D eigenvalue weighted by molar-refractivity contribution is -0.143. The van der Waals surface area contributed by atoms with Crippen LogP contribution in [0.5, 0.6) is 0 Å². The Labute approximate surface area is 92.0 Å². The van der Waals surface area contributed by atoms with Crippen molar-refractivity contribution < 1.29 is 26.3 Å². The summed E-state index contributed by atoms with van der Waals surface area (Å²) in [6.45, 7) is 0. The molecule has 90 valence electrons. The minimum Gasteiger partial charge on any atom is -0.332 e. The predicted octanol–water partition coefficient (Wildman–Crippen LogP) is 3.98. The van der Waals surface area contributed by atoms with E-state index in [0.717, 1.165) is 0 Å². The second-order valence-electron chi connectivity index (χ2n) is 2.91. The number of hydrogen-bond donors (Lipinski definition) is 2.